The summed E-state index contributed by atoms with van der Waals surface area (Å²) in [5.74, 6) is -0.424. The van der Waals surface area contributed by atoms with Gasteiger partial charge < -0.3 is 10.0 Å². The van der Waals surface area contributed by atoms with E-state index in [0.29, 0.717) is 24.7 Å². The van der Waals surface area contributed by atoms with Crippen LogP contribution in [0.4, 0.5) is 10.2 Å². The summed E-state index contributed by atoms with van der Waals surface area (Å²) in [6, 6.07) is 15.2. The maximum atomic E-state index is 13.4. The number of aromatic nitrogens is 5. The zero-order valence-electron chi connectivity index (χ0n) is 17.4. The number of carbonyl (C=O) groups is 1. The number of hydrogen-bond donors (Lipinski definition) is 2. The van der Waals surface area contributed by atoms with Crippen molar-refractivity contribution < 1.29 is 14.3 Å². The van der Waals surface area contributed by atoms with Crippen LogP contribution in [0.25, 0.3) is 22.5 Å². The van der Waals surface area contributed by atoms with Crippen molar-refractivity contribution in [3.63, 3.8) is 0 Å². The molecule has 0 radical (unpaired) electrons. The number of H-pyrrole nitrogens is 1. The molecule has 0 bridgehead atoms. The first kappa shape index (κ1) is 21.1. The summed E-state index contributed by atoms with van der Waals surface area (Å²) in [5.41, 5.74) is 3.52. The van der Waals surface area contributed by atoms with Crippen LogP contribution in [0.2, 0.25) is 0 Å². The second-order valence-electron chi connectivity index (χ2n) is 7.24. The molecule has 8 nitrogen and oxygen atoms in total. The standard InChI is InChI=1S/C23H21FN6O2/c1-2-12-30(22-19(23(31)32)4-3-11-25-22)14-15-5-10-18(16-6-8-17(24)9-7-16)20(13-15)21-26-28-29-27-21/h3-11,13H,2,12,14H2,1H3,(H,31,32)(H,26,27,28,29). The Morgan fingerprint density at radius 3 is 2.62 bits per heavy atom. The topological polar surface area (TPSA) is 108 Å². The maximum Gasteiger partial charge on any atom is 0.339 e. The predicted molar refractivity (Wildman–Crippen MR) is 118 cm³/mol. The average molecular weight is 432 g/mol. The van der Waals surface area contributed by atoms with Gasteiger partial charge in [-0.25, -0.2) is 19.3 Å². The molecule has 2 aromatic heterocycles. The highest BCUT2D eigenvalue weighted by atomic mass is 19.1. The molecule has 32 heavy (non-hydrogen) atoms. The summed E-state index contributed by atoms with van der Waals surface area (Å²) < 4.78 is 13.4. The van der Waals surface area contributed by atoms with Gasteiger partial charge in [-0.15, -0.1) is 5.10 Å². The first-order valence-corrected chi connectivity index (χ1v) is 10.1. The maximum absolute atomic E-state index is 13.4. The van der Waals surface area contributed by atoms with Gasteiger partial charge in [-0.1, -0.05) is 31.2 Å². The second kappa shape index (κ2) is 9.34. The van der Waals surface area contributed by atoms with Crippen LogP contribution < -0.4 is 4.90 Å². The third kappa shape index (κ3) is 4.46. The van der Waals surface area contributed by atoms with Crippen molar-refractivity contribution in [2.75, 3.05) is 11.4 Å². The number of tetrazole rings is 1. The molecule has 0 amide bonds. The zero-order valence-corrected chi connectivity index (χ0v) is 17.4. The van der Waals surface area contributed by atoms with Gasteiger partial charge in [-0.3, -0.25) is 0 Å². The van der Waals surface area contributed by atoms with Crippen molar-refractivity contribution in [1.29, 1.82) is 0 Å². The number of aromatic amines is 1. The van der Waals surface area contributed by atoms with Crippen LogP contribution in [0.5, 0.6) is 0 Å². The summed E-state index contributed by atoms with van der Waals surface area (Å²) in [4.78, 5) is 18.0. The first-order valence-electron chi connectivity index (χ1n) is 10.1. The van der Waals surface area contributed by atoms with Gasteiger partial charge in [0.15, 0.2) is 5.82 Å². The SMILES string of the molecule is CCCN(Cc1ccc(-c2ccc(F)cc2)c(-c2nnn[nH]2)c1)c1ncccc1C(=O)O. The van der Waals surface area contributed by atoms with E-state index in [2.05, 4.69) is 25.6 Å². The third-order valence-electron chi connectivity index (χ3n) is 5.02. The zero-order chi connectivity index (χ0) is 22.5. The lowest BCUT2D eigenvalue weighted by molar-refractivity contribution is 0.0697. The van der Waals surface area contributed by atoms with Gasteiger partial charge in [0, 0.05) is 24.8 Å². The number of nitrogens with zero attached hydrogens (tertiary/aromatic N) is 5. The summed E-state index contributed by atoms with van der Waals surface area (Å²) >= 11 is 0. The number of nitrogens with one attached hydrogen (secondary N) is 1. The van der Waals surface area contributed by atoms with Gasteiger partial charge in [0.2, 0.25) is 0 Å². The van der Waals surface area contributed by atoms with Gasteiger partial charge in [0.25, 0.3) is 0 Å². The van der Waals surface area contributed by atoms with E-state index < -0.39 is 5.97 Å². The number of pyridine rings is 1. The molecule has 2 N–H and O–H groups in total. The average Bonchev–Trinajstić information content (AvgIpc) is 3.34. The van der Waals surface area contributed by atoms with Crippen LogP contribution in [0.1, 0.15) is 29.3 Å². The largest absolute Gasteiger partial charge is 0.478 e. The molecule has 0 aliphatic carbocycles. The molecule has 4 aromatic rings. The third-order valence-corrected chi connectivity index (χ3v) is 5.02. The molecule has 0 aliphatic rings. The Balaban J connectivity index is 1.74. The number of rotatable bonds is 8. The smallest absolute Gasteiger partial charge is 0.339 e. The Bertz CT molecular complexity index is 1210. The molecule has 0 saturated carbocycles. The van der Waals surface area contributed by atoms with Crippen LogP contribution in [-0.2, 0) is 6.54 Å². The molecule has 0 saturated heterocycles. The van der Waals surface area contributed by atoms with Crippen molar-refractivity contribution >= 4 is 11.8 Å². The van der Waals surface area contributed by atoms with Crippen molar-refractivity contribution in [2.45, 2.75) is 19.9 Å². The van der Waals surface area contributed by atoms with Crippen molar-refractivity contribution in [2.24, 2.45) is 0 Å². The summed E-state index contributed by atoms with van der Waals surface area (Å²) in [7, 11) is 0. The van der Waals surface area contributed by atoms with Crippen LogP contribution in [-0.4, -0.2) is 43.2 Å². The van der Waals surface area contributed by atoms with Gasteiger partial charge >= 0.3 is 5.97 Å². The normalized spacial score (nSPS) is 10.8. The van der Waals surface area contributed by atoms with E-state index in [-0.39, 0.29) is 11.4 Å². The summed E-state index contributed by atoms with van der Waals surface area (Å²) in [6.07, 6.45) is 2.41. The highest BCUT2D eigenvalue weighted by molar-refractivity contribution is 5.93. The fourth-order valence-electron chi connectivity index (χ4n) is 3.61. The first-order chi connectivity index (χ1) is 15.6. The Kier molecular flexibility index (Phi) is 6.16. The number of hydrogen-bond acceptors (Lipinski definition) is 6. The number of carboxylic acids is 1. The molecular formula is C23H21FN6O2. The lowest BCUT2D eigenvalue weighted by Crippen LogP contribution is -2.26. The van der Waals surface area contributed by atoms with E-state index in [1.807, 2.05) is 30.0 Å². The van der Waals surface area contributed by atoms with E-state index in [1.165, 1.54) is 12.1 Å². The predicted octanol–water partition coefficient (Wildman–Crippen LogP) is 4.18. The fourth-order valence-corrected chi connectivity index (χ4v) is 3.61. The van der Waals surface area contributed by atoms with Crippen molar-refractivity contribution in [3.8, 4) is 22.5 Å². The Labute approximate surface area is 183 Å². The summed E-state index contributed by atoms with van der Waals surface area (Å²) in [6.45, 7) is 3.11. The fraction of sp³-hybridized carbons (Fsp3) is 0.174. The highest BCUT2D eigenvalue weighted by Crippen LogP contribution is 2.32. The van der Waals surface area contributed by atoms with Gasteiger partial charge in [-0.2, -0.15) is 0 Å². The number of halogens is 1. The minimum Gasteiger partial charge on any atom is -0.478 e. The molecule has 162 valence electrons. The van der Waals surface area contributed by atoms with Crippen LogP contribution in [0, 0.1) is 5.82 Å². The van der Waals surface area contributed by atoms with E-state index in [9.17, 15) is 14.3 Å². The molecule has 0 atom stereocenters. The monoisotopic (exact) mass is 432 g/mol. The molecular weight excluding hydrogens is 411 g/mol. The van der Waals surface area contributed by atoms with Crippen LogP contribution in [0.3, 0.4) is 0 Å². The lowest BCUT2D eigenvalue weighted by Gasteiger charge is -2.25. The number of anilines is 1. The molecule has 0 unspecified atom stereocenters. The molecule has 9 heteroatoms. The van der Waals surface area contributed by atoms with Gasteiger partial charge in [0.1, 0.15) is 17.2 Å². The van der Waals surface area contributed by atoms with Crippen molar-refractivity contribution in [1.82, 2.24) is 25.6 Å². The van der Waals surface area contributed by atoms with E-state index in [1.54, 1.807) is 30.5 Å². The molecule has 0 fully saturated rings. The second-order valence-corrected chi connectivity index (χ2v) is 7.24. The molecule has 2 aromatic carbocycles. The Hall–Kier alpha value is -4.14. The highest BCUT2D eigenvalue weighted by Gasteiger charge is 2.18. The molecule has 0 aliphatic heterocycles. The Morgan fingerprint density at radius 2 is 1.94 bits per heavy atom. The van der Waals surface area contributed by atoms with E-state index in [0.717, 1.165) is 28.7 Å². The number of aromatic carboxylic acids is 1. The quantitative estimate of drug-likeness (QED) is 0.430. The minimum absolute atomic E-state index is 0.156. The number of carboxylic acid groups (broad SMARTS) is 1. The van der Waals surface area contributed by atoms with E-state index >= 15 is 0 Å². The van der Waals surface area contributed by atoms with Gasteiger partial charge in [-0.05, 0) is 63.9 Å². The molecule has 2 heterocycles. The minimum atomic E-state index is -1.02. The van der Waals surface area contributed by atoms with Crippen molar-refractivity contribution in [3.05, 3.63) is 77.7 Å². The van der Waals surface area contributed by atoms with Crippen LogP contribution >= 0.6 is 0 Å². The lowest BCUT2D eigenvalue weighted by atomic mass is 9.96. The van der Waals surface area contributed by atoms with E-state index in [4.69, 9.17) is 0 Å². The van der Waals surface area contributed by atoms with Crippen LogP contribution in [0.15, 0.2) is 60.8 Å². The number of benzene rings is 2. The summed E-state index contributed by atoms with van der Waals surface area (Å²) in [5, 5.41) is 23.8. The van der Waals surface area contributed by atoms with Gasteiger partial charge in [0.05, 0.1) is 0 Å². The molecule has 4 rings (SSSR count). The Morgan fingerprint density at radius 1 is 1.12 bits per heavy atom. The molecule has 0 spiro atoms.